The summed E-state index contributed by atoms with van der Waals surface area (Å²) in [5, 5.41) is 3.95. The first-order valence-corrected chi connectivity index (χ1v) is 8.83. The van der Waals surface area contributed by atoms with Gasteiger partial charge in [-0.25, -0.2) is 9.97 Å². The van der Waals surface area contributed by atoms with Gasteiger partial charge in [0.25, 0.3) is 5.91 Å². The second-order valence-corrected chi connectivity index (χ2v) is 6.96. The number of nitrogens with zero attached hydrogens (tertiary/aromatic N) is 4. The molecule has 1 amide bonds. The van der Waals surface area contributed by atoms with Crippen LogP contribution in [0.15, 0.2) is 16.7 Å². The van der Waals surface area contributed by atoms with Gasteiger partial charge in [0.1, 0.15) is 11.9 Å². The summed E-state index contributed by atoms with van der Waals surface area (Å²) in [7, 11) is 0. The van der Waals surface area contributed by atoms with E-state index in [4.69, 9.17) is 9.26 Å². The Bertz CT molecular complexity index is 764. The topological polar surface area (TPSA) is 81.4 Å². The number of carbonyl (C=O) groups is 1. The fraction of sp³-hybridized carbons (Fsp3) is 0.556. The molecule has 0 radical (unpaired) electrons. The summed E-state index contributed by atoms with van der Waals surface area (Å²) in [4.78, 5) is 23.1. The van der Waals surface area contributed by atoms with Crippen LogP contribution in [0, 0.1) is 13.8 Å². The van der Waals surface area contributed by atoms with E-state index in [0.717, 1.165) is 42.8 Å². The van der Waals surface area contributed by atoms with Crippen molar-refractivity contribution in [3.8, 4) is 6.01 Å². The lowest BCUT2D eigenvalue weighted by Gasteiger charge is -2.31. The maximum absolute atomic E-state index is 12.7. The summed E-state index contributed by atoms with van der Waals surface area (Å²) < 4.78 is 11.2. The standard InChI is InChI=1S/C18H22N4O3/c1-11-8-12(2)20-18(19-11)24-14-4-3-7-22(10-14)17(23)15-9-16(25-21-15)13-5-6-13/h8-9,13-14H,3-7,10H2,1-2H3. The molecule has 132 valence electrons. The molecule has 1 aliphatic carbocycles. The number of amides is 1. The normalized spacial score (nSPS) is 20.6. The molecule has 7 heteroatoms. The van der Waals surface area contributed by atoms with Crippen molar-refractivity contribution in [3.05, 3.63) is 35.0 Å². The van der Waals surface area contributed by atoms with Gasteiger partial charge in [0.15, 0.2) is 5.69 Å². The number of piperidine rings is 1. The molecular weight excluding hydrogens is 320 g/mol. The highest BCUT2D eigenvalue weighted by Crippen LogP contribution is 2.40. The zero-order valence-electron chi connectivity index (χ0n) is 14.6. The lowest BCUT2D eigenvalue weighted by Crippen LogP contribution is -2.44. The van der Waals surface area contributed by atoms with Crippen LogP contribution in [0.25, 0.3) is 0 Å². The third kappa shape index (κ3) is 3.65. The summed E-state index contributed by atoms with van der Waals surface area (Å²) in [6, 6.07) is 4.08. The van der Waals surface area contributed by atoms with Crippen LogP contribution in [0.2, 0.25) is 0 Å². The van der Waals surface area contributed by atoms with Crippen LogP contribution in [0.4, 0.5) is 0 Å². The molecule has 0 aromatic carbocycles. The van der Waals surface area contributed by atoms with E-state index >= 15 is 0 Å². The van der Waals surface area contributed by atoms with Crippen LogP contribution in [-0.4, -0.2) is 45.1 Å². The van der Waals surface area contributed by atoms with Crippen molar-refractivity contribution in [3.63, 3.8) is 0 Å². The van der Waals surface area contributed by atoms with Gasteiger partial charge in [0.2, 0.25) is 0 Å². The number of rotatable bonds is 4. The number of aryl methyl sites for hydroxylation is 2. The minimum atomic E-state index is -0.103. The molecule has 7 nitrogen and oxygen atoms in total. The Kier molecular flexibility index (Phi) is 4.15. The zero-order valence-corrected chi connectivity index (χ0v) is 14.6. The van der Waals surface area contributed by atoms with Crippen molar-refractivity contribution >= 4 is 5.91 Å². The van der Waals surface area contributed by atoms with Gasteiger partial charge < -0.3 is 14.2 Å². The summed E-state index contributed by atoms with van der Waals surface area (Å²) in [6.45, 7) is 5.05. The smallest absolute Gasteiger partial charge is 0.317 e. The second-order valence-electron chi connectivity index (χ2n) is 6.96. The predicted molar refractivity (Wildman–Crippen MR) is 89.5 cm³/mol. The Labute approximate surface area is 146 Å². The van der Waals surface area contributed by atoms with Crippen LogP contribution in [0.3, 0.4) is 0 Å². The fourth-order valence-electron chi connectivity index (χ4n) is 3.23. The maximum atomic E-state index is 12.7. The number of hydrogen-bond acceptors (Lipinski definition) is 6. The van der Waals surface area contributed by atoms with Gasteiger partial charge in [-0.3, -0.25) is 4.79 Å². The van der Waals surface area contributed by atoms with E-state index in [1.807, 2.05) is 19.9 Å². The molecule has 0 spiro atoms. The average Bonchev–Trinajstić information content (AvgIpc) is 3.31. The van der Waals surface area contributed by atoms with Crippen LogP contribution >= 0.6 is 0 Å². The minimum absolute atomic E-state index is 0.0923. The van der Waals surface area contributed by atoms with Crippen molar-refractivity contribution in [2.45, 2.75) is 51.6 Å². The molecule has 2 fully saturated rings. The third-order valence-corrected chi connectivity index (χ3v) is 4.63. The molecule has 1 atom stereocenters. The quantitative estimate of drug-likeness (QED) is 0.849. The Hall–Kier alpha value is -2.44. The molecule has 1 unspecified atom stereocenters. The lowest BCUT2D eigenvalue weighted by atomic mass is 10.1. The molecule has 2 aromatic rings. The Morgan fingerprint density at radius 3 is 2.68 bits per heavy atom. The maximum Gasteiger partial charge on any atom is 0.317 e. The summed E-state index contributed by atoms with van der Waals surface area (Å²) in [6.07, 6.45) is 3.91. The molecule has 3 heterocycles. The Morgan fingerprint density at radius 2 is 1.96 bits per heavy atom. The second kappa shape index (κ2) is 6.46. The molecule has 0 bridgehead atoms. The minimum Gasteiger partial charge on any atom is -0.458 e. The van der Waals surface area contributed by atoms with Crippen LogP contribution in [0.5, 0.6) is 6.01 Å². The summed E-state index contributed by atoms with van der Waals surface area (Å²) in [5.74, 6) is 1.19. The van der Waals surface area contributed by atoms with E-state index in [0.29, 0.717) is 30.7 Å². The van der Waals surface area contributed by atoms with Gasteiger partial charge in [0.05, 0.1) is 6.54 Å². The third-order valence-electron chi connectivity index (χ3n) is 4.63. The van der Waals surface area contributed by atoms with Gasteiger partial charge in [-0.15, -0.1) is 0 Å². The number of likely N-dealkylation sites (tertiary alicyclic amines) is 1. The Morgan fingerprint density at radius 1 is 1.20 bits per heavy atom. The highest BCUT2D eigenvalue weighted by Gasteiger charge is 2.31. The van der Waals surface area contributed by atoms with Gasteiger partial charge in [-0.2, -0.15) is 0 Å². The molecule has 4 rings (SSSR count). The summed E-state index contributed by atoms with van der Waals surface area (Å²) >= 11 is 0. The molecule has 1 saturated carbocycles. The first-order valence-electron chi connectivity index (χ1n) is 8.83. The highest BCUT2D eigenvalue weighted by molar-refractivity contribution is 5.92. The Balaban J connectivity index is 1.41. The lowest BCUT2D eigenvalue weighted by molar-refractivity contribution is 0.0506. The van der Waals surface area contributed by atoms with Crippen molar-refractivity contribution in [2.75, 3.05) is 13.1 Å². The van der Waals surface area contributed by atoms with Crippen LogP contribution < -0.4 is 4.74 Å². The van der Waals surface area contributed by atoms with E-state index in [1.165, 1.54) is 0 Å². The first-order chi connectivity index (χ1) is 12.1. The largest absolute Gasteiger partial charge is 0.458 e. The highest BCUT2D eigenvalue weighted by atomic mass is 16.5. The first kappa shape index (κ1) is 16.1. The van der Waals surface area contributed by atoms with E-state index < -0.39 is 0 Å². The van der Waals surface area contributed by atoms with Gasteiger partial charge in [0, 0.05) is 29.9 Å². The van der Waals surface area contributed by atoms with E-state index in [-0.39, 0.29) is 12.0 Å². The number of ether oxygens (including phenoxy) is 1. The molecular formula is C18H22N4O3. The van der Waals surface area contributed by atoms with Crippen molar-refractivity contribution in [1.82, 2.24) is 20.0 Å². The van der Waals surface area contributed by atoms with E-state index in [9.17, 15) is 4.79 Å². The molecule has 1 aliphatic heterocycles. The van der Waals surface area contributed by atoms with Gasteiger partial charge in [-0.1, -0.05) is 5.16 Å². The predicted octanol–water partition coefficient (Wildman–Crippen LogP) is 2.64. The van der Waals surface area contributed by atoms with Crippen molar-refractivity contribution < 1.29 is 14.1 Å². The number of carbonyl (C=O) groups excluding carboxylic acids is 1. The fourth-order valence-corrected chi connectivity index (χ4v) is 3.23. The number of aromatic nitrogens is 3. The molecule has 0 N–H and O–H groups in total. The van der Waals surface area contributed by atoms with Crippen LogP contribution in [-0.2, 0) is 0 Å². The van der Waals surface area contributed by atoms with Gasteiger partial charge in [-0.05, 0) is 45.6 Å². The monoisotopic (exact) mass is 342 g/mol. The summed E-state index contributed by atoms with van der Waals surface area (Å²) in [5.41, 5.74) is 2.15. The SMILES string of the molecule is Cc1cc(C)nc(OC2CCCN(C(=O)c3cc(C4CC4)on3)C2)n1. The van der Waals surface area contributed by atoms with E-state index in [2.05, 4.69) is 15.1 Å². The van der Waals surface area contributed by atoms with Crippen LogP contribution in [0.1, 0.15) is 59.2 Å². The molecule has 2 aromatic heterocycles. The average molecular weight is 342 g/mol. The van der Waals surface area contributed by atoms with Gasteiger partial charge >= 0.3 is 6.01 Å². The molecule has 25 heavy (non-hydrogen) atoms. The van der Waals surface area contributed by atoms with Crippen molar-refractivity contribution in [1.29, 1.82) is 0 Å². The van der Waals surface area contributed by atoms with E-state index in [1.54, 1.807) is 11.0 Å². The molecule has 1 saturated heterocycles. The van der Waals surface area contributed by atoms with Crippen molar-refractivity contribution in [2.24, 2.45) is 0 Å². The number of hydrogen-bond donors (Lipinski definition) is 0. The molecule has 2 aliphatic rings. The zero-order chi connectivity index (χ0) is 17.4.